The molecule has 14 heavy (non-hydrogen) atoms. The highest BCUT2D eigenvalue weighted by Gasteiger charge is 2.20. The molecule has 1 fully saturated rings. The Hall–Kier alpha value is -0.740. The van der Waals surface area contributed by atoms with Crippen molar-refractivity contribution < 1.29 is 14.2 Å². The van der Waals surface area contributed by atoms with Gasteiger partial charge < -0.3 is 19.1 Å². The minimum Gasteiger partial charge on any atom is -0.471 e. The molecule has 0 aromatic heterocycles. The van der Waals surface area contributed by atoms with E-state index in [0.29, 0.717) is 0 Å². The Bertz CT molecular complexity index is 211. The standard InChI is InChI=1S/C10H17NO3/c1-12-10-3-2-9(8-14-10)11-4-6-13-7-5-11/h8,10H,2-7H2,1H3. The molecule has 0 aliphatic carbocycles. The number of morpholine rings is 1. The maximum atomic E-state index is 5.43. The van der Waals surface area contributed by atoms with E-state index in [4.69, 9.17) is 14.2 Å². The summed E-state index contributed by atoms with van der Waals surface area (Å²) < 4.78 is 15.8. The molecule has 0 aromatic carbocycles. The van der Waals surface area contributed by atoms with Crippen LogP contribution in [0.1, 0.15) is 12.8 Å². The monoisotopic (exact) mass is 199 g/mol. The van der Waals surface area contributed by atoms with Crippen LogP contribution in [0.25, 0.3) is 0 Å². The van der Waals surface area contributed by atoms with E-state index < -0.39 is 0 Å². The molecule has 1 atom stereocenters. The number of allylic oxidation sites excluding steroid dienone is 1. The average Bonchev–Trinajstić information content (AvgIpc) is 2.30. The zero-order valence-corrected chi connectivity index (χ0v) is 8.57. The van der Waals surface area contributed by atoms with Crippen LogP contribution in [0.3, 0.4) is 0 Å². The van der Waals surface area contributed by atoms with Gasteiger partial charge in [0.05, 0.1) is 13.2 Å². The van der Waals surface area contributed by atoms with Gasteiger partial charge in [-0.3, -0.25) is 0 Å². The first-order chi connectivity index (χ1) is 6.90. The summed E-state index contributed by atoms with van der Waals surface area (Å²) in [7, 11) is 1.68. The van der Waals surface area contributed by atoms with E-state index in [1.54, 1.807) is 7.11 Å². The molecule has 2 aliphatic rings. The van der Waals surface area contributed by atoms with Gasteiger partial charge in [0.15, 0.2) is 6.29 Å². The molecular weight excluding hydrogens is 182 g/mol. The molecule has 0 radical (unpaired) electrons. The van der Waals surface area contributed by atoms with Crippen LogP contribution in [0.4, 0.5) is 0 Å². The number of nitrogens with zero attached hydrogens (tertiary/aromatic N) is 1. The van der Waals surface area contributed by atoms with E-state index in [0.717, 1.165) is 39.1 Å². The Balaban J connectivity index is 1.88. The fourth-order valence-corrected chi connectivity index (χ4v) is 1.80. The summed E-state index contributed by atoms with van der Waals surface area (Å²) in [5, 5.41) is 0. The summed E-state index contributed by atoms with van der Waals surface area (Å²) in [5.41, 5.74) is 1.28. The normalized spacial score (nSPS) is 28.2. The smallest absolute Gasteiger partial charge is 0.199 e. The van der Waals surface area contributed by atoms with Crippen molar-refractivity contribution in [1.29, 1.82) is 0 Å². The van der Waals surface area contributed by atoms with Gasteiger partial charge in [-0.05, 0) is 6.42 Å². The van der Waals surface area contributed by atoms with Gasteiger partial charge in [-0.15, -0.1) is 0 Å². The van der Waals surface area contributed by atoms with Crippen molar-refractivity contribution in [3.8, 4) is 0 Å². The SMILES string of the molecule is COC1CCC(N2CCOCC2)=CO1. The lowest BCUT2D eigenvalue weighted by Crippen LogP contribution is -2.37. The van der Waals surface area contributed by atoms with Crippen LogP contribution in [-0.4, -0.2) is 44.6 Å². The van der Waals surface area contributed by atoms with Gasteiger partial charge in [-0.25, -0.2) is 0 Å². The van der Waals surface area contributed by atoms with Crippen LogP contribution in [0.15, 0.2) is 12.0 Å². The molecule has 4 nitrogen and oxygen atoms in total. The summed E-state index contributed by atoms with van der Waals surface area (Å²) in [6.07, 6.45) is 3.76. The number of methoxy groups -OCH3 is 1. The molecule has 0 spiro atoms. The molecule has 0 N–H and O–H groups in total. The minimum absolute atomic E-state index is 0.0557. The average molecular weight is 199 g/mol. The van der Waals surface area contributed by atoms with Crippen molar-refractivity contribution in [2.75, 3.05) is 33.4 Å². The summed E-state index contributed by atoms with van der Waals surface area (Å²) in [6, 6.07) is 0. The van der Waals surface area contributed by atoms with Crippen molar-refractivity contribution in [2.24, 2.45) is 0 Å². The largest absolute Gasteiger partial charge is 0.471 e. The molecule has 0 aromatic rings. The first-order valence-corrected chi connectivity index (χ1v) is 5.10. The second-order valence-electron chi connectivity index (χ2n) is 3.55. The molecule has 2 heterocycles. The highest BCUT2D eigenvalue weighted by atomic mass is 16.7. The van der Waals surface area contributed by atoms with Crippen LogP contribution in [-0.2, 0) is 14.2 Å². The molecule has 1 unspecified atom stereocenters. The summed E-state index contributed by atoms with van der Waals surface area (Å²) >= 11 is 0. The van der Waals surface area contributed by atoms with Gasteiger partial charge >= 0.3 is 0 Å². The summed E-state index contributed by atoms with van der Waals surface area (Å²) in [6.45, 7) is 3.61. The van der Waals surface area contributed by atoms with Crippen LogP contribution in [0.2, 0.25) is 0 Å². The van der Waals surface area contributed by atoms with E-state index in [-0.39, 0.29) is 6.29 Å². The van der Waals surface area contributed by atoms with E-state index in [2.05, 4.69) is 4.90 Å². The van der Waals surface area contributed by atoms with Crippen molar-refractivity contribution in [3.63, 3.8) is 0 Å². The topological polar surface area (TPSA) is 30.9 Å². The number of ether oxygens (including phenoxy) is 3. The second kappa shape index (κ2) is 4.66. The van der Waals surface area contributed by atoms with Gasteiger partial charge in [-0.2, -0.15) is 0 Å². The van der Waals surface area contributed by atoms with Gasteiger partial charge in [0, 0.05) is 32.3 Å². The predicted molar refractivity (Wildman–Crippen MR) is 51.6 cm³/mol. The Morgan fingerprint density at radius 2 is 2.21 bits per heavy atom. The third-order valence-electron chi connectivity index (χ3n) is 2.67. The summed E-state index contributed by atoms with van der Waals surface area (Å²) in [5.74, 6) is 0. The zero-order valence-electron chi connectivity index (χ0n) is 8.57. The lowest BCUT2D eigenvalue weighted by molar-refractivity contribution is -0.0985. The Kier molecular flexibility index (Phi) is 3.26. The van der Waals surface area contributed by atoms with Crippen molar-refractivity contribution >= 4 is 0 Å². The molecular formula is C10H17NO3. The highest BCUT2D eigenvalue weighted by Crippen LogP contribution is 2.21. The molecule has 0 saturated carbocycles. The van der Waals surface area contributed by atoms with E-state index in [9.17, 15) is 0 Å². The van der Waals surface area contributed by atoms with Gasteiger partial charge in [0.1, 0.15) is 6.26 Å². The van der Waals surface area contributed by atoms with Crippen LogP contribution < -0.4 is 0 Å². The molecule has 2 aliphatic heterocycles. The predicted octanol–water partition coefficient (Wildman–Crippen LogP) is 0.943. The third-order valence-corrected chi connectivity index (χ3v) is 2.67. The van der Waals surface area contributed by atoms with Crippen molar-refractivity contribution in [3.05, 3.63) is 12.0 Å². The summed E-state index contributed by atoms with van der Waals surface area (Å²) in [4.78, 5) is 2.33. The lowest BCUT2D eigenvalue weighted by Gasteiger charge is -2.33. The Labute approximate surface area is 84.4 Å². The molecule has 80 valence electrons. The van der Waals surface area contributed by atoms with Gasteiger partial charge in [0.25, 0.3) is 0 Å². The molecule has 1 saturated heterocycles. The van der Waals surface area contributed by atoms with Crippen LogP contribution >= 0.6 is 0 Å². The van der Waals surface area contributed by atoms with E-state index in [1.807, 2.05) is 6.26 Å². The van der Waals surface area contributed by atoms with Crippen LogP contribution in [0, 0.1) is 0 Å². The Morgan fingerprint density at radius 1 is 1.43 bits per heavy atom. The number of hydrogen-bond acceptors (Lipinski definition) is 4. The number of rotatable bonds is 2. The van der Waals surface area contributed by atoms with E-state index in [1.165, 1.54) is 5.70 Å². The Morgan fingerprint density at radius 3 is 2.79 bits per heavy atom. The van der Waals surface area contributed by atoms with E-state index >= 15 is 0 Å². The highest BCUT2D eigenvalue weighted by molar-refractivity contribution is 5.01. The lowest BCUT2D eigenvalue weighted by atomic mass is 10.2. The maximum absolute atomic E-state index is 5.43. The van der Waals surface area contributed by atoms with Crippen molar-refractivity contribution in [2.45, 2.75) is 19.1 Å². The molecule has 0 amide bonds. The fraction of sp³-hybridized carbons (Fsp3) is 0.800. The van der Waals surface area contributed by atoms with Gasteiger partial charge in [0.2, 0.25) is 0 Å². The fourth-order valence-electron chi connectivity index (χ4n) is 1.80. The quantitative estimate of drug-likeness (QED) is 0.662. The maximum Gasteiger partial charge on any atom is 0.199 e. The zero-order chi connectivity index (χ0) is 9.80. The van der Waals surface area contributed by atoms with Crippen molar-refractivity contribution in [1.82, 2.24) is 4.90 Å². The molecule has 4 heteroatoms. The molecule has 0 bridgehead atoms. The molecule has 2 rings (SSSR count). The second-order valence-corrected chi connectivity index (χ2v) is 3.55. The minimum atomic E-state index is -0.0557. The third kappa shape index (κ3) is 2.19. The van der Waals surface area contributed by atoms with Crippen LogP contribution in [0.5, 0.6) is 0 Å². The van der Waals surface area contributed by atoms with Gasteiger partial charge in [-0.1, -0.05) is 0 Å². The first-order valence-electron chi connectivity index (χ1n) is 5.10. The number of hydrogen-bond donors (Lipinski definition) is 0. The first kappa shape index (κ1) is 9.80.